The summed E-state index contributed by atoms with van der Waals surface area (Å²) in [6.07, 6.45) is 6.94. The van der Waals surface area contributed by atoms with Crippen LogP contribution in [0.1, 0.15) is 46.0 Å². The molecule has 1 spiro atoms. The molecule has 74 valence electrons. The van der Waals surface area contributed by atoms with E-state index in [0.717, 1.165) is 0 Å². The summed E-state index contributed by atoms with van der Waals surface area (Å²) >= 11 is 0. The minimum absolute atomic E-state index is 0.641. The first kappa shape index (κ1) is 9.26. The average Bonchev–Trinajstić information content (AvgIpc) is 2.14. The SMILES string of the molecule is CC1=C(C)CC2(CCCNC2)CC1. The normalized spacial score (nSPS) is 35.5. The smallest absolute Gasteiger partial charge is 0.00110 e. The van der Waals surface area contributed by atoms with Gasteiger partial charge >= 0.3 is 0 Å². The summed E-state index contributed by atoms with van der Waals surface area (Å²) in [6, 6.07) is 0. The molecule has 1 atom stereocenters. The third kappa shape index (κ3) is 1.80. The van der Waals surface area contributed by atoms with Gasteiger partial charge in [0.15, 0.2) is 0 Å². The number of hydrogen-bond donors (Lipinski definition) is 1. The molecule has 0 radical (unpaired) electrons. The van der Waals surface area contributed by atoms with E-state index in [9.17, 15) is 0 Å². The van der Waals surface area contributed by atoms with E-state index < -0.39 is 0 Å². The number of allylic oxidation sites excluding steroid dienone is 2. The molecule has 0 saturated carbocycles. The summed E-state index contributed by atoms with van der Waals surface area (Å²) in [6.45, 7) is 7.13. The highest BCUT2D eigenvalue weighted by atomic mass is 14.9. The highest BCUT2D eigenvalue weighted by Gasteiger charge is 2.34. The lowest BCUT2D eigenvalue weighted by Crippen LogP contribution is -2.41. The molecule has 0 aromatic heterocycles. The maximum Gasteiger partial charge on any atom is 0.00110 e. The Hall–Kier alpha value is -0.300. The van der Waals surface area contributed by atoms with Crippen molar-refractivity contribution in [3.05, 3.63) is 11.1 Å². The first-order valence-corrected chi connectivity index (χ1v) is 5.58. The van der Waals surface area contributed by atoms with Crippen molar-refractivity contribution in [1.82, 2.24) is 5.32 Å². The molecule has 1 aliphatic carbocycles. The van der Waals surface area contributed by atoms with Crippen LogP contribution in [0.3, 0.4) is 0 Å². The Morgan fingerprint density at radius 3 is 2.62 bits per heavy atom. The van der Waals surface area contributed by atoms with Crippen molar-refractivity contribution in [3.63, 3.8) is 0 Å². The number of rotatable bonds is 0. The molecule has 0 aromatic rings. The minimum atomic E-state index is 0.641. The summed E-state index contributed by atoms with van der Waals surface area (Å²) in [4.78, 5) is 0. The Labute approximate surface area is 81.6 Å². The molecule has 1 aliphatic heterocycles. The highest BCUT2D eigenvalue weighted by molar-refractivity contribution is 5.17. The largest absolute Gasteiger partial charge is 0.316 e. The number of hydrogen-bond acceptors (Lipinski definition) is 1. The predicted octanol–water partition coefficient (Wildman–Crippen LogP) is 2.88. The molecular formula is C12H21N. The highest BCUT2D eigenvalue weighted by Crippen LogP contribution is 2.43. The molecule has 1 nitrogen and oxygen atoms in total. The molecule has 0 bridgehead atoms. The standard InChI is InChI=1S/C12H21N/c1-10-4-6-12(8-11(10)2)5-3-7-13-9-12/h13H,3-9H2,1-2H3. The molecule has 1 unspecified atom stereocenters. The summed E-state index contributed by atoms with van der Waals surface area (Å²) in [7, 11) is 0. The van der Waals surface area contributed by atoms with Crippen LogP contribution < -0.4 is 5.32 Å². The van der Waals surface area contributed by atoms with E-state index in [1.165, 1.54) is 45.2 Å². The van der Waals surface area contributed by atoms with Gasteiger partial charge in [0.25, 0.3) is 0 Å². The van der Waals surface area contributed by atoms with E-state index >= 15 is 0 Å². The summed E-state index contributed by atoms with van der Waals surface area (Å²) in [5, 5.41) is 3.56. The maximum atomic E-state index is 3.56. The van der Waals surface area contributed by atoms with E-state index in [0.29, 0.717) is 5.41 Å². The van der Waals surface area contributed by atoms with Crippen LogP contribution in [0.4, 0.5) is 0 Å². The molecule has 1 fully saturated rings. The average molecular weight is 179 g/mol. The van der Waals surface area contributed by atoms with Crippen LogP contribution in [-0.4, -0.2) is 13.1 Å². The van der Waals surface area contributed by atoms with Crippen LogP contribution >= 0.6 is 0 Å². The van der Waals surface area contributed by atoms with Gasteiger partial charge in [0.1, 0.15) is 0 Å². The van der Waals surface area contributed by atoms with Gasteiger partial charge in [0.05, 0.1) is 0 Å². The molecule has 2 rings (SSSR count). The van der Waals surface area contributed by atoms with Gasteiger partial charge in [-0.05, 0) is 57.9 Å². The van der Waals surface area contributed by atoms with Crippen molar-refractivity contribution in [2.45, 2.75) is 46.0 Å². The van der Waals surface area contributed by atoms with E-state index in [-0.39, 0.29) is 0 Å². The van der Waals surface area contributed by atoms with Crippen molar-refractivity contribution in [2.75, 3.05) is 13.1 Å². The van der Waals surface area contributed by atoms with Crippen LogP contribution in [0.2, 0.25) is 0 Å². The van der Waals surface area contributed by atoms with Gasteiger partial charge in [0.2, 0.25) is 0 Å². The Balaban J connectivity index is 2.09. The third-order valence-corrected chi connectivity index (χ3v) is 3.96. The van der Waals surface area contributed by atoms with Crippen molar-refractivity contribution in [1.29, 1.82) is 0 Å². The quantitative estimate of drug-likeness (QED) is 0.564. The van der Waals surface area contributed by atoms with Gasteiger partial charge in [-0.2, -0.15) is 0 Å². The maximum absolute atomic E-state index is 3.56. The molecule has 1 saturated heterocycles. The van der Waals surface area contributed by atoms with Gasteiger partial charge in [-0.1, -0.05) is 11.1 Å². The molecule has 13 heavy (non-hydrogen) atoms. The predicted molar refractivity (Wildman–Crippen MR) is 56.8 cm³/mol. The monoisotopic (exact) mass is 179 g/mol. The Bertz CT molecular complexity index is 221. The Morgan fingerprint density at radius 1 is 1.15 bits per heavy atom. The van der Waals surface area contributed by atoms with Crippen molar-refractivity contribution >= 4 is 0 Å². The van der Waals surface area contributed by atoms with Gasteiger partial charge in [0, 0.05) is 6.54 Å². The number of piperidine rings is 1. The van der Waals surface area contributed by atoms with Gasteiger partial charge in [-0.25, -0.2) is 0 Å². The molecule has 2 aliphatic rings. The zero-order chi connectivity index (χ0) is 9.31. The van der Waals surface area contributed by atoms with Crippen LogP contribution in [0.15, 0.2) is 11.1 Å². The minimum Gasteiger partial charge on any atom is -0.316 e. The second kappa shape index (κ2) is 3.45. The fraction of sp³-hybridized carbons (Fsp3) is 0.833. The van der Waals surface area contributed by atoms with Crippen molar-refractivity contribution in [3.8, 4) is 0 Å². The molecule has 0 amide bonds. The summed E-state index contributed by atoms with van der Waals surface area (Å²) in [5.41, 5.74) is 3.95. The second-order valence-corrected chi connectivity index (χ2v) is 5.02. The zero-order valence-corrected chi connectivity index (χ0v) is 8.95. The second-order valence-electron chi connectivity index (χ2n) is 5.02. The summed E-state index contributed by atoms with van der Waals surface area (Å²) < 4.78 is 0. The first-order chi connectivity index (χ1) is 6.22. The van der Waals surface area contributed by atoms with Crippen LogP contribution in [0, 0.1) is 5.41 Å². The van der Waals surface area contributed by atoms with Crippen molar-refractivity contribution < 1.29 is 0 Å². The fourth-order valence-electron chi connectivity index (χ4n) is 2.86. The van der Waals surface area contributed by atoms with Crippen LogP contribution in [-0.2, 0) is 0 Å². The molecular weight excluding hydrogens is 158 g/mol. The van der Waals surface area contributed by atoms with Crippen LogP contribution in [0.5, 0.6) is 0 Å². The van der Waals surface area contributed by atoms with Crippen molar-refractivity contribution in [2.24, 2.45) is 5.41 Å². The zero-order valence-electron chi connectivity index (χ0n) is 8.95. The van der Waals surface area contributed by atoms with E-state index in [4.69, 9.17) is 0 Å². The summed E-state index contributed by atoms with van der Waals surface area (Å²) in [5.74, 6) is 0. The number of nitrogens with one attached hydrogen (secondary N) is 1. The Kier molecular flexibility index (Phi) is 2.46. The first-order valence-electron chi connectivity index (χ1n) is 5.58. The molecule has 1 N–H and O–H groups in total. The van der Waals surface area contributed by atoms with Gasteiger partial charge in [-0.15, -0.1) is 0 Å². The lowest BCUT2D eigenvalue weighted by Gasteiger charge is -2.41. The lowest BCUT2D eigenvalue weighted by atomic mass is 9.68. The van der Waals surface area contributed by atoms with E-state index in [1.54, 1.807) is 11.1 Å². The molecule has 0 aromatic carbocycles. The van der Waals surface area contributed by atoms with Crippen LogP contribution in [0.25, 0.3) is 0 Å². The molecule has 1 heteroatoms. The fourth-order valence-corrected chi connectivity index (χ4v) is 2.86. The topological polar surface area (TPSA) is 12.0 Å². The molecule has 1 heterocycles. The van der Waals surface area contributed by atoms with Gasteiger partial charge in [-0.3, -0.25) is 0 Å². The lowest BCUT2D eigenvalue weighted by molar-refractivity contribution is 0.180. The van der Waals surface area contributed by atoms with Gasteiger partial charge < -0.3 is 5.32 Å². The van der Waals surface area contributed by atoms with E-state index in [1.807, 2.05) is 0 Å². The van der Waals surface area contributed by atoms with E-state index in [2.05, 4.69) is 19.2 Å². The third-order valence-electron chi connectivity index (χ3n) is 3.96. The Morgan fingerprint density at radius 2 is 2.00 bits per heavy atom.